The number of amides is 1. The number of nitrogens with zero attached hydrogens (tertiary/aromatic N) is 1. The Kier molecular flexibility index (Phi) is 7.72. The van der Waals surface area contributed by atoms with Gasteiger partial charge in [-0.25, -0.2) is 18.6 Å². The molecule has 1 aliphatic heterocycles. The van der Waals surface area contributed by atoms with E-state index < -0.39 is 35.1 Å². The van der Waals surface area contributed by atoms with E-state index in [-0.39, 0.29) is 19.1 Å². The molecule has 182 valence electrons. The van der Waals surface area contributed by atoms with Crippen LogP contribution in [0.25, 0.3) is 0 Å². The molecule has 3 N–H and O–H groups in total. The van der Waals surface area contributed by atoms with Crippen LogP contribution in [0.4, 0.5) is 14.6 Å². The summed E-state index contributed by atoms with van der Waals surface area (Å²) in [6, 6.07) is 5.56. The molecule has 0 saturated heterocycles. The number of anilines is 1. The van der Waals surface area contributed by atoms with Gasteiger partial charge in [-0.2, -0.15) is 0 Å². The van der Waals surface area contributed by atoms with E-state index in [4.69, 9.17) is 9.72 Å². The molecule has 1 fully saturated rings. The fourth-order valence-corrected chi connectivity index (χ4v) is 4.43. The van der Waals surface area contributed by atoms with Gasteiger partial charge in [-0.15, -0.1) is 0 Å². The first-order valence-electron chi connectivity index (χ1n) is 11.7. The van der Waals surface area contributed by atoms with Gasteiger partial charge in [0.2, 0.25) is 0 Å². The molecule has 1 unspecified atom stereocenters. The predicted molar refractivity (Wildman–Crippen MR) is 122 cm³/mol. The van der Waals surface area contributed by atoms with Gasteiger partial charge in [0.05, 0.1) is 11.7 Å². The van der Waals surface area contributed by atoms with Crippen molar-refractivity contribution in [3.8, 4) is 0 Å². The molecule has 1 saturated carbocycles. The predicted octanol–water partition coefficient (Wildman–Crippen LogP) is 3.72. The number of carboxylic acids is 1. The number of hydrogen-bond donors (Lipinski definition) is 3. The summed E-state index contributed by atoms with van der Waals surface area (Å²) in [6.07, 6.45) is 6.11. The maximum atomic E-state index is 13.8. The number of hydrogen-bond acceptors (Lipinski definition) is 5. The molecule has 1 aliphatic carbocycles. The number of aromatic nitrogens is 1. The molecule has 2 heterocycles. The molecule has 1 aromatic carbocycles. The number of halogens is 2. The highest BCUT2D eigenvalue weighted by Crippen LogP contribution is 2.34. The van der Waals surface area contributed by atoms with Gasteiger partial charge in [0, 0.05) is 31.3 Å². The lowest BCUT2D eigenvalue weighted by atomic mass is 9.79. The van der Waals surface area contributed by atoms with Gasteiger partial charge in [0.1, 0.15) is 23.5 Å². The molecule has 1 amide bonds. The quantitative estimate of drug-likeness (QED) is 0.486. The van der Waals surface area contributed by atoms with E-state index in [1.165, 1.54) is 5.56 Å². The number of benzene rings is 1. The number of carboxylic acid groups (broad SMARTS) is 1. The zero-order chi connectivity index (χ0) is 24.1. The van der Waals surface area contributed by atoms with Gasteiger partial charge in [0.15, 0.2) is 0 Å². The monoisotopic (exact) mass is 473 g/mol. The Labute approximate surface area is 196 Å². The Morgan fingerprint density at radius 3 is 2.82 bits per heavy atom. The fourth-order valence-electron chi connectivity index (χ4n) is 4.43. The van der Waals surface area contributed by atoms with E-state index in [2.05, 4.69) is 22.8 Å². The minimum absolute atomic E-state index is 0.0527. The Morgan fingerprint density at radius 1 is 1.24 bits per heavy atom. The number of fused-ring (bicyclic) bond motifs is 1. The molecule has 34 heavy (non-hydrogen) atoms. The van der Waals surface area contributed by atoms with E-state index >= 15 is 0 Å². The van der Waals surface area contributed by atoms with Crippen LogP contribution < -0.4 is 10.6 Å². The fraction of sp³-hybridized carbons (Fsp3) is 0.480. The number of pyridine rings is 1. The van der Waals surface area contributed by atoms with Crippen molar-refractivity contribution in [1.82, 2.24) is 10.3 Å². The second kappa shape index (κ2) is 10.9. The summed E-state index contributed by atoms with van der Waals surface area (Å²) in [4.78, 5) is 28.4. The van der Waals surface area contributed by atoms with Crippen LogP contribution in [0, 0.1) is 17.6 Å². The Bertz CT molecular complexity index is 1040. The van der Waals surface area contributed by atoms with Crippen molar-refractivity contribution in [2.24, 2.45) is 5.92 Å². The highest BCUT2D eigenvalue weighted by atomic mass is 19.1. The Balaban J connectivity index is 1.16. The standard InChI is InChI=1S/C25H29F2N3O4/c26-17-5-8-20(21(27)14-17)24(31)30-22(25(32)33)9-11-34-19-12-15(13-19)3-6-18-7-4-16-2-1-10-28-23(16)29-18/h4-5,7-8,14-15,19,22H,1-3,6,9-13H2,(H,28,29)(H,30,31)(H,32,33). The molecule has 0 bridgehead atoms. The molecular formula is C25H29F2N3O4. The third-order valence-electron chi connectivity index (χ3n) is 6.49. The SMILES string of the molecule is O=C(NC(CCOC1CC(CCc2ccc3c(n2)NCCC3)C1)C(=O)O)c1ccc(F)cc1F. The van der Waals surface area contributed by atoms with Gasteiger partial charge < -0.3 is 20.5 Å². The second-order valence-electron chi connectivity index (χ2n) is 8.99. The first-order valence-corrected chi connectivity index (χ1v) is 11.7. The molecule has 0 radical (unpaired) electrons. The van der Waals surface area contributed by atoms with Gasteiger partial charge in [0.25, 0.3) is 5.91 Å². The first-order chi connectivity index (χ1) is 16.4. The van der Waals surface area contributed by atoms with Crippen molar-refractivity contribution in [2.45, 2.75) is 57.1 Å². The number of rotatable bonds is 10. The maximum Gasteiger partial charge on any atom is 0.326 e. The van der Waals surface area contributed by atoms with Gasteiger partial charge in [-0.1, -0.05) is 6.07 Å². The summed E-state index contributed by atoms with van der Waals surface area (Å²) in [5, 5.41) is 15.0. The number of ether oxygens (including phenoxy) is 1. The smallest absolute Gasteiger partial charge is 0.326 e. The highest BCUT2D eigenvalue weighted by Gasteiger charge is 2.30. The lowest BCUT2D eigenvalue weighted by Gasteiger charge is -2.35. The van der Waals surface area contributed by atoms with Crippen molar-refractivity contribution in [3.05, 3.63) is 58.8 Å². The molecule has 9 heteroatoms. The summed E-state index contributed by atoms with van der Waals surface area (Å²) < 4.78 is 32.6. The molecule has 0 spiro atoms. The minimum atomic E-state index is -1.24. The van der Waals surface area contributed by atoms with E-state index in [1.807, 2.05) is 0 Å². The number of carbonyl (C=O) groups excluding carboxylic acids is 1. The molecule has 4 rings (SSSR count). The first kappa shape index (κ1) is 24.1. The van der Waals surface area contributed by atoms with E-state index in [0.29, 0.717) is 12.0 Å². The lowest BCUT2D eigenvalue weighted by molar-refractivity contribution is -0.140. The van der Waals surface area contributed by atoms with Crippen LogP contribution in [0.15, 0.2) is 30.3 Å². The van der Waals surface area contributed by atoms with Crippen molar-refractivity contribution in [1.29, 1.82) is 0 Å². The summed E-state index contributed by atoms with van der Waals surface area (Å²) >= 11 is 0. The Morgan fingerprint density at radius 2 is 2.06 bits per heavy atom. The average Bonchev–Trinajstić information content (AvgIpc) is 2.78. The molecular weight excluding hydrogens is 444 g/mol. The molecule has 1 aromatic heterocycles. The minimum Gasteiger partial charge on any atom is -0.480 e. The highest BCUT2D eigenvalue weighted by molar-refractivity contribution is 5.96. The summed E-state index contributed by atoms with van der Waals surface area (Å²) in [5.41, 5.74) is 1.97. The second-order valence-corrected chi connectivity index (χ2v) is 8.99. The normalized spacial score (nSPS) is 19.9. The van der Waals surface area contributed by atoms with Crippen LogP contribution >= 0.6 is 0 Å². The lowest BCUT2D eigenvalue weighted by Crippen LogP contribution is -2.42. The average molecular weight is 474 g/mol. The third kappa shape index (κ3) is 6.08. The summed E-state index contributed by atoms with van der Waals surface area (Å²) in [7, 11) is 0. The van der Waals surface area contributed by atoms with Crippen molar-refractivity contribution >= 4 is 17.7 Å². The van der Waals surface area contributed by atoms with Crippen molar-refractivity contribution < 1.29 is 28.2 Å². The van der Waals surface area contributed by atoms with Crippen LogP contribution in [0.2, 0.25) is 0 Å². The number of carbonyl (C=O) groups is 2. The van der Waals surface area contributed by atoms with Crippen molar-refractivity contribution in [2.75, 3.05) is 18.5 Å². The van der Waals surface area contributed by atoms with Crippen LogP contribution in [0.3, 0.4) is 0 Å². The van der Waals surface area contributed by atoms with E-state index in [1.54, 1.807) is 0 Å². The van der Waals surface area contributed by atoms with Crippen LogP contribution in [-0.4, -0.2) is 47.3 Å². The third-order valence-corrected chi connectivity index (χ3v) is 6.49. The van der Waals surface area contributed by atoms with E-state index in [9.17, 15) is 23.5 Å². The Hall–Kier alpha value is -3.07. The molecule has 2 aromatic rings. The molecule has 1 atom stereocenters. The molecule has 2 aliphatic rings. The van der Waals surface area contributed by atoms with Gasteiger partial charge in [-0.3, -0.25) is 4.79 Å². The van der Waals surface area contributed by atoms with Crippen LogP contribution in [0.5, 0.6) is 0 Å². The van der Waals surface area contributed by atoms with Gasteiger partial charge in [-0.05, 0) is 68.2 Å². The van der Waals surface area contributed by atoms with Crippen molar-refractivity contribution in [3.63, 3.8) is 0 Å². The largest absolute Gasteiger partial charge is 0.480 e. The zero-order valence-electron chi connectivity index (χ0n) is 18.9. The van der Waals surface area contributed by atoms with Crippen LogP contribution in [-0.2, 0) is 22.4 Å². The zero-order valence-corrected chi connectivity index (χ0v) is 18.9. The number of nitrogens with one attached hydrogen (secondary N) is 2. The van der Waals surface area contributed by atoms with Gasteiger partial charge >= 0.3 is 5.97 Å². The maximum absolute atomic E-state index is 13.8. The number of aliphatic carboxylic acids is 1. The summed E-state index contributed by atoms with van der Waals surface area (Å²) in [6.45, 7) is 1.14. The van der Waals surface area contributed by atoms with E-state index in [0.717, 1.165) is 68.7 Å². The summed E-state index contributed by atoms with van der Waals surface area (Å²) in [5.74, 6) is -2.43. The molecule has 7 nitrogen and oxygen atoms in total. The number of aryl methyl sites for hydroxylation is 2. The topological polar surface area (TPSA) is 101 Å². The van der Waals surface area contributed by atoms with Crippen LogP contribution in [0.1, 0.15) is 53.7 Å².